The highest BCUT2D eigenvalue weighted by molar-refractivity contribution is 9.10. The number of nitrogens with one attached hydrogen (secondary N) is 1. The molecule has 0 radical (unpaired) electrons. The van der Waals surface area contributed by atoms with Crippen LogP contribution in [0.3, 0.4) is 0 Å². The first-order valence-electron chi connectivity index (χ1n) is 6.05. The monoisotopic (exact) mass is 319 g/mol. The molecular formula is C14H14BrN3O. The topological polar surface area (TPSA) is 60.2 Å². The number of benzene rings is 1. The van der Waals surface area contributed by atoms with Gasteiger partial charge < -0.3 is 15.8 Å². The summed E-state index contributed by atoms with van der Waals surface area (Å²) in [6.07, 6.45) is 1.67. The summed E-state index contributed by atoms with van der Waals surface area (Å²) in [5.41, 5.74) is 8.66. The number of anilines is 2. The second-order valence-electron chi connectivity index (χ2n) is 4.55. The highest BCUT2D eigenvalue weighted by atomic mass is 79.9. The number of pyridine rings is 1. The Hall–Kier alpha value is -1.75. The first kappa shape index (κ1) is 12.3. The Labute approximate surface area is 120 Å². The van der Waals surface area contributed by atoms with Gasteiger partial charge in [-0.25, -0.2) is 4.98 Å². The second kappa shape index (κ2) is 4.74. The number of fused-ring (bicyclic) bond motifs is 1. The van der Waals surface area contributed by atoms with E-state index in [0.717, 1.165) is 27.2 Å². The summed E-state index contributed by atoms with van der Waals surface area (Å²) in [7, 11) is 0. The van der Waals surface area contributed by atoms with E-state index < -0.39 is 0 Å². The number of aromatic nitrogens is 1. The van der Waals surface area contributed by atoms with E-state index in [1.165, 1.54) is 0 Å². The van der Waals surface area contributed by atoms with Gasteiger partial charge in [0.25, 0.3) is 0 Å². The number of halogens is 1. The lowest BCUT2D eigenvalue weighted by Crippen LogP contribution is -2.14. The summed E-state index contributed by atoms with van der Waals surface area (Å²) in [6.45, 7) is 2.57. The van der Waals surface area contributed by atoms with Gasteiger partial charge in [-0.05, 0) is 34.5 Å². The zero-order chi connectivity index (χ0) is 13.4. The molecule has 1 atom stereocenters. The lowest BCUT2D eigenvalue weighted by atomic mass is 10.1. The minimum Gasteiger partial charge on any atom is -0.491 e. The molecule has 0 amide bonds. The van der Waals surface area contributed by atoms with Crippen LogP contribution in [-0.2, 0) is 0 Å². The molecule has 1 aromatic carbocycles. The molecule has 3 rings (SSSR count). The van der Waals surface area contributed by atoms with Crippen molar-refractivity contribution in [1.29, 1.82) is 0 Å². The molecule has 0 saturated carbocycles. The molecule has 0 aliphatic carbocycles. The quantitative estimate of drug-likeness (QED) is 0.891. The van der Waals surface area contributed by atoms with Crippen molar-refractivity contribution in [3.8, 4) is 5.75 Å². The van der Waals surface area contributed by atoms with Gasteiger partial charge in [-0.15, -0.1) is 0 Å². The summed E-state index contributed by atoms with van der Waals surface area (Å²) in [4.78, 5) is 4.34. The van der Waals surface area contributed by atoms with Crippen LogP contribution in [0.25, 0.3) is 0 Å². The SMILES string of the molecule is Cc1c(N)cnc(NC2COc3ccccc32)c1Br. The number of nitrogens with zero attached hydrogens (tertiary/aromatic N) is 1. The van der Waals surface area contributed by atoms with Gasteiger partial charge in [0.2, 0.25) is 0 Å². The molecule has 98 valence electrons. The summed E-state index contributed by atoms with van der Waals surface area (Å²) in [5.74, 6) is 1.72. The molecule has 0 saturated heterocycles. The standard InChI is InChI=1S/C14H14BrN3O/c1-8-10(16)6-17-14(13(8)15)18-11-7-19-12-5-3-2-4-9(11)12/h2-6,11H,7,16H2,1H3,(H,17,18). The number of nitrogens with two attached hydrogens (primary N) is 1. The average molecular weight is 320 g/mol. The van der Waals surface area contributed by atoms with Crippen LogP contribution in [0.4, 0.5) is 11.5 Å². The van der Waals surface area contributed by atoms with E-state index in [2.05, 4.69) is 32.3 Å². The van der Waals surface area contributed by atoms with E-state index in [-0.39, 0.29) is 6.04 Å². The van der Waals surface area contributed by atoms with Crippen molar-refractivity contribution in [2.75, 3.05) is 17.7 Å². The third kappa shape index (κ3) is 2.14. The Bertz CT molecular complexity index is 630. The van der Waals surface area contributed by atoms with Crippen molar-refractivity contribution < 1.29 is 4.74 Å². The molecular weight excluding hydrogens is 306 g/mol. The molecule has 19 heavy (non-hydrogen) atoms. The van der Waals surface area contributed by atoms with Crippen LogP contribution in [0.1, 0.15) is 17.2 Å². The lowest BCUT2D eigenvalue weighted by molar-refractivity contribution is 0.339. The fourth-order valence-electron chi connectivity index (χ4n) is 2.14. The Morgan fingerprint density at radius 2 is 2.21 bits per heavy atom. The van der Waals surface area contributed by atoms with Crippen LogP contribution < -0.4 is 15.8 Å². The summed E-state index contributed by atoms with van der Waals surface area (Å²) >= 11 is 3.53. The first-order valence-corrected chi connectivity index (χ1v) is 6.85. The molecule has 0 fully saturated rings. The van der Waals surface area contributed by atoms with Gasteiger partial charge >= 0.3 is 0 Å². The first-order chi connectivity index (χ1) is 9.16. The number of nitrogen functional groups attached to an aromatic ring is 1. The fraction of sp³-hybridized carbons (Fsp3) is 0.214. The maximum Gasteiger partial charge on any atom is 0.141 e. The van der Waals surface area contributed by atoms with Gasteiger partial charge in [-0.3, -0.25) is 0 Å². The summed E-state index contributed by atoms with van der Waals surface area (Å²) in [6, 6.07) is 8.15. The molecule has 4 nitrogen and oxygen atoms in total. The minimum absolute atomic E-state index is 0.114. The predicted octanol–water partition coefficient (Wildman–Crippen LogP) is 3.28. The number of hydrogen-bond acceptors (Lipinski definition) is 4. The summed E-state index contributed by atoms with van der Waals surface area (Å²) in [5, 5.41) is 3.39. The molecule has 0 bridgehead atoms. The zero-order valence-electron chi connectivity index (χ0n) is 10.5. The smallest absolute Gasteiger partial charge is 0.141 e. The van der Waals surface area contributed by atoms with Crippen LogP contribution in [0.15, 0.2) is 34.9 Å². The Kier molecular flexibility index (Phi) is 3.06. The highest BCUT2D eigenvalue weighted by Gasteiger charge is 2.24. The van der Waals surface area contributed by atoms with Gasteiger partial charge in [0, 0.05) is 5.56 Å². The van der Waals surface area contributed by atoms with Gasteiger partial charge in [0.1, 0.15) is 18.2 Å². The molecule has 1 aliphatic heterocycles. The molecule has 2 aromatic rings. The van der Waals surface area contributed by atoms with E-state index in [4.69, 9.17) is 10.5 Å². The van der Waals surface area contributed by atoms with Crippen LogP contribution in [-0.4, -0.2) is 11.6 Å². The Balaban J connectivity index is 1.90. The maximum absolute atomic E-state index is 5.83. The normalized spacial score (nSPS) is 16.8. The van der Waals surface area contributed by atoms with Crippen molar-refractivity contribution in [3.05, 3.63) is 46.1 Å². The predicted molar refractivity (Wildman–Crippen MR) is 79.4 cm³/mol. The highest BCUT2D eigenvalue weighted by Crippen LogP contribution is 2.36. The third-order valence-electron chi connectivity index (χ3n) is 3.31. The average Bonchev–Trinajstić information content (AvgIpc) is 2.83. The summed E-state index contributed by atoms with van der Waals surface area (Å²) < 4.78 is 6.55. The number of hydrogen-bond donors (Lipinski definition) is 2. The van der Waals surface area contributed by atoms with Crippen molar-refractivity contribution in [2.45, 2.75) is 13.0 Å². The van der Waals surface area contributed by atoms with E-state index in [1.807, 2.05) is 25.1 Å². The number of para-hydroxylation sites is 1. The van der Waals surface area contributed by atoms with Gasteiger partial charge in [-0.1, -0.05) is 18.2 Å². The fourth-order valence-corrected chi connectivity index (χ4v) is 2.59. The van der Waals surface area contributed by atoms with Crippen molar-refractivity contribution in [2.24, 2.45) is 0 Å². The molecule has 1 aliphatic rings. The van der Waals surface area contributed by atoms with Gasteiger partial charge in [0.15, 0.2) is 0 Å². The van der Waals surface area contributed by atoms with Gasteiger partial charge in [0.05, 0.1) is 22.4 Å². The van der Waals surface area contributed by atoms with Crippen LogP contribution >= 0.6 is 15.9 Å². The lowest BCUT2D eigenvalue weighted by Gasteiger charge is -2.15. The van der Waals surface area contributed by atoms with E-state index in [9.17, 15) is 0 Å². The Morgan fingerprint density at radius 3 is 3.05 bits per heavy atom. The van der Waals surface area contributed by atoms with Crippen LogP contribution in [0.5, 0.6) is 5.75 Å². The number of ether oxygens (including phenoxy) is 1. The minimum atomic E-state index is 0.114. The molecule has 2 heterocycles. The van der Waals surface area contributed by atoms with Crippen LogP contribution in [0.2, 0.25) is 0 Å². The van der Waals surface area contributed by atoms with Crippen molar-refractivity contribution >= 4 is 27.4 Å². The maximum atomic E-state index is 5.83. The van der Waals surface area contributed by atoms with E-state index >= 15 is 0 Å². The van der Waals surface area contributed by atoms with Crippen molar-refractivity contribution in [1.82, 2.24) is 4.98 Å². The molecule has 3 N–H and O–H groups in total. The zero-order valence-corrected chi connectivity index (χ0v) is 12.1. The number of rotatable bonds is 2. The van der Waals surface area contributed by atoms with Gasteiger partial charge in [-0.2, -0.15) is 0 Å². The molecule has 5 heteroatoms. The molecule has 1 unspecified atom stereocenters. The van der Waals surface area contributed by atoms with E-state index in [1.54, 1.807) is 6.20 Å². The van der Waals surface area contributed by atoms with Crippen LogP contribution in [0, 0.1) is 6.92 Å². The molecule has 0 spiro atoms. The molecule has 1 aromatic heterocycles. The third-order valence-corrected chi connectivity index (χ3v) is 4.28. The van der Waals surface area contributed by atoms with E-state index in [0.29, 0.717) is 12.3 Å². The Morgan fingerprint density at radius 1 is 1.42 bits per heavy atom. The second-order valence-corrected chi connectivity index (χ2v) is 5.34. The largest absolute Gasteiger partial charge is 0.491 e. The van der Waals surface area contributed by atoms with Crippen molar-refractivity contribution in [3.63, 3.8) is 0 Å².